The van der Waals surface area contributed by atoms with Gasteiger partial charge in [0.1, 0.15) is 5.75 Å². The third kappa shape index (κ3) is 4.89. The molecule has 2 heterocycles. The molecule has 0 radical (unpaired) electrons. The largest absolute Gasteiger partial charge is 0.507 e. The number of phenolic OH excluding ortho intramolecular Hbond substituents is 1. The minimum absolute atomic E-state index is 0.0459. The van der Waals surface area contributed by atoms with Crippen molar-refractivity contribution in [2.24, 2.45) is 5.92 Å². The highest BCUT2D eigenvalue weighted by molar-refractivity contribution is 6.01. The molecule has 3 aromatic rings. The van der Waals surface area contributed by atoms with Crippen LogP contribution >= 0.6 is 0 Å². The maximum absolute atomic E-state index is 13.4. The number of aromatic hydroxyl groups is 1. The second kappa shape index (κ2) is 9.70. The SMILES string of the molecule is CN(C)CCNC(=O)c1ccc2c(c1)CN(C(=O)c1cc3c(CC4CCCC4)n[nH]c3cc1O)C2. The van der Waals surface area contributed by atoms with Crippen molar-refractivity contribution in [3.05, 3.63) is 58.3 Å². The van der Waals surface area contributed by atoms with E-state index in [1.165, 1.54) is 25.7 Å². The van der Waals surface area contributed by atoms with Crippen molar-refractivity contribution >= 4 is 22.7 Å². The Morgan fingerprint density at radius 2 is 1.91 bits per heavy atom. The number of nitrogens with one attached hydrogen (secondary N) is 2. The van der Waals surface area contributed by atoms with Crippen molar-refractivity contribution in [1.82, 2.24) is 25.3 Å². The van der Waals surface area contributed by atoms with Gasteiger partial charge in [0.15, 0.2) is 0 Å². The molecule has 1 aliphatic heterocycles. The lowest BCUT2D eigenvalue weighted by molar-refractivity contribution is 0.0748. The normalized spacial score (nSPS) is 15.8. The van der Waals surface area contributed by atoms with Gasteiger partial charge in [0.25, 0.3) is 11.8 Å². The van der Waals surface area contributed by atoms with Crippen LogP contribution in [0, 0.1) is 5.92 Å². The zero-order valence-electron chi connectivity index (χ0n) is 20.4. The van der Waals surface area contributed by atoms with E-state index < -0.39 is 0 Å². The van der Waals surface area contributed by atoms with E-state index in [1.807, 2.05) is 37.2 Å². The Balaban J connectivity index is 1.32. The second-order valence-corrected chi connectivity index (χ2v) is 10.1. The number of likely N-dealkylation sites (N-methyl/N-ethyl adjacent to an activating group) is 1. The summed E-state index contributed by atoms with van der Waals surface area (Å²) in [5.74, 6) is 0.259. The van der Waals surface area contributed by atoms with E-state index in [-0.39, 0.29) is 17.6 Å². The zero-order chi connectivity index (χ0) is 24.5. The molecule has 35 heavy (non-hydrogen) atoms. The summed E-state index contributed by atoms with van der Waals surface area (Å²) in [6.45, 7) is 2.21. The van der Waals surface area contributed by atoms with E-state index in [0.29, 0.717) is 36.7 Å². The summed E-state index contributed by atoms with van der Waals surface area (Å²) in [6.07, 6.45) is 5.88. The Morgan fingerprint density at radius 3 is 2.69 bits per heavy atom. The number of H-pyrrole nitrogens is 1. The summed E-state index contributed by atoms with van der Waals surface area (Å²) in [7, 11) is 3.93. The van der Waals surface area contributed by atoms with Crippen LogP contribution in [0.25, 0.3) is 10.9 Å². The number of phenols is 1. The van der Waals surface area contributed by atoms with Crippen molar-refractivity contribution in [2.45, 2.75) is 45.2 Å². The molecule has 0 atom stereocenters. The van der Waals surface area contributed by atoms with Gasteiger partial charge < -0.3 is 20.2 Å². The van der Waals surface area contributed by atoms with Crippen LogP contribution in [0.4, 0.5) is 0 Å². The fraction of sp³-hybridized carbons (Fsp3) is 0.444. The Bertz CT molecular complexity index is 1260. The van der Waals surface area contributed by atoms with Crippen molar-refractivity contribution in [1.29, 1.82) is 0 Å². The van der Waals surface area contributed by atoms with Crippen LogP contribution in [0.3, 0.4) is 0 Å². The molecule has 0 spiro atoms. The fourth-order valence-electron chi connectivity index (χ4n) is 5.27. The molecule has 2 aliphatic rings. The van der Waals surface area contributed by atoms with E-state index in [9.17, 15) is 14.7 Å². The summed E-state index contributed by atoms with van der Waals surface area (Å²) in [6, 6.07) is 8.98. The van der Waals surface area contributed by atoms with Crippen molar-refractivity contribution in [2.75, 3.05) is 27.2 Å². The molecule has 3 N–H and O–H groups in total. The van der Waals surface area contributed by atoms with Crippen molar-refractivity contribution in [3.63, 3.8) is 0 Å². The predicted molar refractivity (Wildman–Crippen MR) is 134 cm³/mol. The molecule has 0 saturated heterocycles. The van der Waals surface area contributed by atoms with Crippen LogP contribution in [0.5, 0.6) is 5.75 Å². The number of carbonyl (C=O) groups is 2. The summed E-state index contributed by atoms with van der Waals surface area (Å²) in [5.41, 5.74) is 4.59. The Labute approximate surface area is 205 Å². The Morgan fingerprint density at radius 1 is 1.14 bits per heavy atom. The quantitative estimate of drug-likeness (QED) is 0.486. The highest BCUT2D eigenvalue weighted by Crippen LogP contribution is 2.33. The first kappa shape index (κ1) is 23.4. The molecule has 184 valence electrons. The lowest BCUT2D eigenvalue weighted by Gasteiger charge is -2.16. The van der Waals surface area contributed by atoms with E-state index >= 15 is 0 Å². The minimum Gasteiger partial charge on any atom is -0.507 e. The van der Waals surface area contributed by atoms with E-state index in [0.717, 1.165) is 40.7 Å². The van der Waals surface area contributed by atoms with Gasteiger partial charge in [0, 0.05) is 43.2 Å². The summed E-state index contributed by atoms with van der Waals surface area (Å²) < 4.78 is 0. The second-order valence-electron chi connectivity index (χ2n) is 10.1. The number of benzene rings is 2. The standard InChI is InChI=1S/C27H33N5O3/c1-31(2)10-9-28-26(34)18-7-8-19-15-32(16-20(19)12-18)27(35)22-13-21-23(11-17-5-3-4-6-17)29-30-24(21)14-25(22)33/h7-8,12-14,17,33H,3-6,9-11,15-16H2,1-2H3,(H,28,34)(H,29,30). The van der Waals surface area contributed by atoms with Crippen LogP contribution < -0.4 is 5.32 Å². The maximum Gasteiger partial charge on any atom is 0.258 e. The lowest BCUT2D eigenvalue weighted by Crippen LogP contribution is -2.31. The van der Waals surface area contributed by atoms with Gasteiger partial charge >= 0.3 is 0 Å². The molecule has 1 aliphatic carbocycles. The van der Waals surface area contributed by atoms with E-state index in [1.54, 1.807) is 17.0 Å². The molecule has 2 amide bonds. The average Bonchev–Trinajstić information content (AvgIpc) is 3.58. The van der Waals surface area contributed by atoms with Crippen LogP contribution in [0.2, 0.25) is 0 Å². The van der Waals surface area contributed by atoms with Crippen molar-refractivity contribution < 1.29 is 14.7 Å². The molecule has 0 unspecified atom stereocenters. The molecule has 8 nitrogen and oxygen atoms in total. The first-order chi connectivity index (χ1) is 16.9. The van der Waals surface area contributed by atoms with Crippen molar-refractivity contribution in [3.8, 4) is 5.75 Å². The molecule has 1 fully saturated rings. The van der Waals surface area contributed by atoms with Crippen LogP contribution in [-0.2, 0) is 19.5 Å². The van der Waals surface area contributed by atoms with Gasteiger partial charge in [-0.2, -0.15) is 5.10 Å². The summed E-state index contributed by atoms with van der Waals surface area (Å²) in [5, 5.41) is 22.0. The van der Waals surface area contributed by atoms with Gasteiger partial charge in [-0.05, 0) is 55.8 Å². The number of aromatic amines is 1. The first-order valence-corrected chi connectivity index (χ1v) is 12.4. The molecule has 1 saturated carbocycles. The van der Waals surface area contributed by atoms with Gasteiger partial charge in [-0.25, -0.2) is 0 Å². The topological polar surface area (TPSA) is 102 Å². The third-order valence-electron chi connectivity index (χ3n) is 7.27. The monoisotopic (exact) mass is 475 g/mol. The maximum atomic E-state index is 13.4. The number of hydrogen-bond acceptors (Lipinski definition) is 5. The highest BCUT2D eigenvalue weighted by atomic mass is 16.3. The smallest absolute Gasteiger partial charge is 0.258 e. The van der Waals surface area contributed by atoms with E-state index in [4.69, 9.17) is 0 Å². The lowest BCUT2D eigenvalue weighted by atomic mass is 9.99. The summed E-state index contributed by atoms with van der Waals surface area (Å²) in [4.78, 5) is 29.7. The van der Waals surface area contributed by atoms with Gasteiger partial charge in [0.2, 0.25) is 0 Å². The highest BCUT2D eigenvalue weighted by Gasteiger charge is 2.28. The van der Waals surface area contributed by atoms with Gasteiger partial charge in [-0.3, -0.25) is 14.7 Å². The fourth-order valence-corrected chi connectivity index (χ4v) is 5.27. The summed E-state index contributed by atoms with van der Waals surface area (Å²) >= 11 is 0. The number of fused-ring (bicyclic) bond motifs is 2. The molecule has 1 aromatic heterocycles. The first-order valence-electron chi connectivity index (χ1n) is 12.4. The number of hydrogen-bond donors (Lipinski definition) is 3. The molecule has 2 aromatic carbocycles. The van der Waals surface area contributed by atoms with Gasteiger partial charge in [0.05, 0.1) is 16.8 Å². The predicted octanol–water partition coefficient (Wildman–Crippen LogP) is 3.45. The third-order valence-corrected chi connectivity index (χ3v) is 7.27. The Kier molecular flexibility index (Phi) is 6.47. The van der Waals surface area contributed by atoms with Gasteiger partial charge in [-0.15, -0.1) is 0 Å². The zero-order valence-corrected chi connectivity index (χ0v) is 20.4. The van der Waals surface area contributed by atoms with Gasteiger partial charge in [-0.1, -0.05) is 31.7 Å². The number of amides is 2. The Hall–Kier alpha value is -3.39. The minimum atomic E-state index is -0.217. The molecular weight excluding hydrogens is 442 g/mol. The van der Waals surface area contributed by atoms with Crippen LogP contribution in [-0.4, -0.2) is 64.1 Å². The number of carbonyl (C=O) groups excluding carboxylic acids is 2. The van der Waals surface area contributed by atoms with E-state index in [2.05, 4.69) is 15.5 Å². The number of rotatable bonds is 7. The van der Waals surface area contributed by atoms with Crippen LogP contribution in [0.1, 0.15) is 63.2 Å². The number of aromatic nitrogens is 2. The molecule has 8 heteroatoms. The molecular formula is C27H33N5O3. The molecule has 5 rings (SSSR count). The molecule has 0 bridgehead atoms. The number of nitrogens with zero attached hydrogens (tertiary/aromatic N) is 3. The van der Waals surface area contributed by atoms with Crippen LogP contribution in [0.15, 0.2) is 30.3 Å². The average molecular weight is 476 g/mol.